The Kier molecular flexibility index (Phi) is 5.06. The molecule has 0 spiro atoms. The minimum absolute atomic E-state index is 0.0771. The summed E-state index contributed by atoms with van der Waals surface area (Å²) in [6.07, 6.45) is -4.76. The van der Waals surface area contributed by atoms with Crippen molar-refractivity contribution < 1.29 is 27.5 Å². The van der Waals surface area contributed by atoms with Gasteiger partial charge in [0.2, 0.25) is 0 Å². The fourth-order valence-electron chi connectivity index (χ4n) is 1.67. The maximum atomic E-state index is 12.8. The third-order valence-corrected chi connectivity index (χ3v) is 3.89. The molecule has 0 saturated heterocycles. The summed E-state index contributed by atoms with van der Waals surface area (Å²) in [5, 5.41) is 0.502. The number of rotatable bonds is 4. The number of carbonyl (C=O) groups excluding carboxylic acids is 2. The lowest BCUT2D eigenvalue weighted by atomic mass is 10.1. The molecular weight excluding hydrogens is 355 g/mol. The SMILES string of the molecule is Cc1nc(C(F)(F)F)c(C(=O)OCC(=O)c2ccc(Cl)cc2)s1. The molecule has 1 heterocycles. The van der Waals surface area contributed by atoms with Gasteiger partial charge in [-0.15, -0.1) is 11.3 Å². The fraction of sp³-hybridized carbons (Fsp3) is 0.214. The number of halogens is 4. The fourth-order valence-corrected chi connectivity index (χ4v) is 2.63. The van der Waals surface area contributed by atoms with Gasteiger partial charge in [0.1, 0.15) is 4.88 Å². The highest BCUT2D eigenvalue weighted by Crippen LogP contribution is 2.34. The Bertz CT molecular complexity index is 741. The van der Waals surface area contributed by atoms with E-state index in [2.05, 4.69) is 9.72 Å². The van der Waals surface area contributed by atoms with Crippen LogP contribution in [0.4, 0.5) is 13.2 Å². The third kappa shape index (κ3) is 4.29. The van der Waals surface area contributed by atoms with Crippen molar-refractivity contribution in [2.24, 2.45) is 0 Å². The van der Waals surface area contributed by atoms with Gasteiger partial charge in [0.15, 0.2) is 18.1 Å². The van der Waals surface area contributed by atoms with Crippen LogP contribution in [0.3, 0.4) is 0 Å². The topological polar surface area (TPSA) is 56.3 Å². The number of alkyl halides is 3. The van der Waals surface area contributed by atoms with Crippen LogP contribution in [0.5, 0.6) is 0 Å². The molecule has 0 aliphatic heterocycles. The van der Waals surface area contributed by atoms with Crippen molar-refractivity contribution in [1.82, 2.24) is 4.98 Å². The molecule has 0 atom stereocenters. The number of hydrogen-bond acceptors (Lipinski definition) is 5. The number of hydrogen-bond donors (Lipinski definition) is 0. The summed E-state index contributed by atoms with van der Waals surface area (Å²) in [6.45, 7) is 0.671. The number of esters is 1. The molecule has 0 saturated carbocycles. The van der Waals surface area contributed by atoms with E-state index in [-0.39, 0.29) is 10.6 Å². The molecule has 0 radical (unpaired) electrons. The molecule has 23 heavy (non-hydrogen) atoms. The van der Waals surface area contributed by atoms with Gasteiger partial charge in [0, 0.05) is 10.6 Å². The lowest BCUT2D eigenvalue weighted by molar-refractivity contribution is -0.141. The standard InChI is InChI=1S/C14H9ClF3NO3S/c1-7-19-12(14(16,17)18)11(23-7)13(21)22-6-10(20)8-2-4-9(15)5-3-8/h2-5H,6H2,1H3. The van der Waals surface area contributed by atoms with Crippen molar-refractivity contribution in [1.29, 1.82) is 0 Å². The van der Waals surface area contributed by atoms with Crippen LogP contribution in [-0.4, -0.2) is 23.3 Å². The number of ketones is 1. The number of Topliss-reactive ketones (excluding diaryl/α,β-unsaturated/α-hetero) is 1. The van der Waals surface area contributed by atoms with Crippen molar-refractivity contribution in [2.45, 2.75) is 13.1 Å². The molecule has 0 fully saturated rings. The molecule has 0 aliphatic carbocycles. The van der Waals surface area contributed by atoms with Crippen molar-refractivity contribution in [3.8, 4) is 0 Å². The molecule has 0 unspecified atom stereocenters. The predicted octanol–water partition coefficient (Wildman–Crippen LogP) is 4.16. The van der Waals surface area contributed by atoms with E-state index in [4.69, 9.17) is 11.6 Å². The van der Waals surface area contributed by atoms with Gasteiger partial charge in [0.05, 0.1) is 5.01 Å². The number of nitrogens with zero attached hydrogens (tertiary/aromatic N) is 1. The van der Waals surface area contributed by atoms with Crippen LogP contribution < -0.4 is 0 Å². The molecule has 0 bridgehead atoms. The second-order valence-corrected chi connectivity index (χ2v) is 6.05. The van der Waals surface area contributed by atoms with Gasteiger partial charge in [-0.25, -0.2) is 9.78 Å². The Labute approximate surface area is 137 Å². The van der Waals surface area contributed by atoms with Crippen molar-refractivity contribution in [2.75, 3.05) is 6.61 Å². The monoisotopic (exact) mass is 363 g/mol. The quantitative estimate of drug-likeness (QED) is 0.604. The molecular formula is C14H9ClF3NO3S. The number of aryl methyl sites for hydroxylation is 1. The van der Waals surface area contributed by atoms with Crippen molar-refractivity contribution in [3.05, 3.63) is 50.4 Å². The maximum Gasteiger partial charge on any atom is 0.435 e. The van der Waals surface area contributed by atoms with E-state index in [1.165, 1.54) is 31.2 Å². The summed E-state index contributed by atoms with van der Waals surface area (Å²) in [5.74, 6) is -1.78. The smallest absolute Gasteiger partial charge is 0.435 e. The van der Waals surface area contributed by atoms with Gasteiger partial charge >= 0.3 is 12.1 Å². The Balaban J connectivity index is 2.08. The average Bonchev–Trinajstić information content (AvgIpc) is 2.87. The number of carbonyl (C=O) groups is 2. The van der Waals surface area contributed by atoms with Crippen LogP contribution in [0.1, 0.15) is 30.7 Å². The highest BCUT2D eigenvalue weighted by molar-refractivity contribution is 7.13. The molecule has 122 valence electrons. The summed E-state index contributed by atoms with van der Waals surface area (Å²) < 4.78 is 43.0. The number of ether oxygens (including phenoxy) is 1. The maximum absolute atomic E-state index is 12.8. The summed E-state index contributed by atoms with van der Waals surface area (Å²) in [7, 11) is 0. The van der Waals surface area contributed by atoms with Crippen LogP contribution in [0, 0.1) is 6.92 Å². The van der Waals surface area contributed by atoms with Gasteiger partial charge in [-0.3, -0.25) is 4.79 Å². The summed E-state index contributed by atoms with van der Waals surface area (Å²) in [6, 6.07) is 5.81. The van der Waals surface area contributed by atoms with Gasteiger partial charge in [-0.2, -0.15) is 13.2 Å². The molecule has 9 heteroatoms. The molecule has 4 nitrogen and oxygen atoms in total. The second kappa shape index (κ2) is 6.67. The van der Waals surface area contributed by atoms with Crippen molar-refractivity contribution >= 4 is 34.7 Å². The Morgan fingerprint density at radius 1 is 1.26 bits per heavy atom. The van der Waals surface area contributed by atoms with E-state index in [0.717, 1.165) is 0 Å². The molecule has 0 amide bonds. The molecule has 1 aromatic carbocycles. The highest BCUT2D eigenvalue weighted by atomic mass is 35.5. The van der Waals surface area contributed by atoms with Crippen LogP contribution in [0.2, 0.25) is 5.02 Å². The molecule has 0 N–H and O–H groups in total. The van der Waals surface area contributed by atoms with E-state index < -0.39 is 35.1 Å². The van der Waals surface area contributed by atoms with E-state index in [0.29, 0.717) is 16.4 Å². The van der Waals surface area contributed by atoms with E-state index >= 15 is 0 Å². The third-order valence-electron chi connectivity index (χ3n) is 2.69. The van der Waals surface area contributed by atoms with Gasteiger partial charge in [-0.1, -0.05) is 11.6 Å². The Morgan fingerprint density at radius 3 is 2.43 bits per heavy atom. The Hall–Kier alpha value is -1.93. The molecule has 1 aromatic heterocycles. The van der Waals surface area contributed by atoms with E-state index in [1.54, 1.807) is 0 Å². The average molecular weight is 364 g/mol. The first-order valence-electron chi connectivity index (χ1n) is 6.19. The minimum atomic E-state index is -4.76. The van der Waals surface area contributed by atoms with Crippen LogP contribution in [0.15, 0.2) is 24.3 Å². The zero-order valence-corrected chi connectivity index (χ0v) is 13.2. The molecule has 0 aliphatic rings. The summed E-state index contributed by atoms with van der Waals surface area (Å²) in [5.41, 5.74) is -1.07. The largest absolute Gasteiger partial charge is 0.453 e. The second-order valence-electron chi connectivity index (χ2n) is 4.41. The minimum Gasteiger partial charge on any atom is -0.453 e. The van der Waals surface area contributed by atoms with Gasteiger partial charge in [-0.05, 0) is 31.2 Å². The van der Waals surface area contributed by atoms with Gasteiger partial charge < -0.3 is 4.74 Å². The number of benzene rings is 1. The predicted molar refractivity (Wildman–Crippen MR) is 77.9 cm³/mol. The lowest BCUT2D eigenvalue weighted by Gasteiger charge is -2.06. The zero-order chi connectivity index (χ0) is 17.2. The summed E-state index contributed by atoms with van der Waals surface area (Å²) in [4.78, 5) is 26.2. The van der Waals surface area contributed by atoms with E-state index in [9.17, 15) is 22.8 Å². The molecule has 2 rings (SSSR count). The number of thiazole rings is 1. The zero-order valence-electron chi connectivity index (χ0n) is 11.6. The normalized spacial score (nSPS) is 11.3. The van der Waals surface area contributed by atoms with Crippen LogP contribution in [0.25, 0.3) is 0 Å². The molecule has 2 aromatic rings. The van der Waals surface area contributed by atoms with E-state index in [1.807, 2.05) is 0 Å². The first kappa shape index (κ1) is 17.4. The van der Waals surface area contributed by atoms with Crippen LogP contribution >= 0.6 is 22.9 Å². The summed E-state index contributed by atoms with van der Waals surface area (Å²) >= 11 is 6.24. The Morgan fingerprint density at radius 2 is 1.87 bits per heavy atom. The van der Waals surface area contributed by atoms with Crippen molar-refractivity contribution in [3.63, 3.8) is 0 Å². The first-order chi connectivity index (χ1) is 10.7. The van der Waals surface area contributed by atoms with Gasteiger partial charge in [0.25, 0.3) is 0 Å². The first-order valence-corrected chi connectivity index (χ1v) is 7.38. The highest BCUT2D eigenvalue weighted by Gasteiger charge is 2.39. The lowest BCUT2D eigenvalue weighted by Crippen LogP contribution is -2.17. The van der Waals surface area contributed by atoms with Crippen LogP contribution in [-0.2, 0) is 10.9 Å². The number of aromatic nitrogens is 1.